The Morgan fingerprint density at radius 1 is 1.50 bits per heavy atom. The van der Waals surface area contributed by atoms with Gasteiger partial charge in [0, 0.05) is 24.8 Å². The molecule has 0 bridgehead atoms. The fourth-order valence-corrected chi connectivity index (χ4v) is 2.98. The number of nitrogens with two attached hydrogens (primary N) is 1. The molecule has 1 aliphatic rings. The molecule has 1 aromatic carbocycles. The van der Waals surface area contributed by atoms with E-state index in [1.807, 2.05) is 0 Å². The Morgan fingerprint density at radius 3 is 2.75 bits per heavy atom. The van der Waals surface area contributed by atoms with E-state index in [2.05, 4.69) is 0 Å². The fourth-order valence-electron chi connectivity index (χ4n) is 2.98. The summed E-state index contributed by atoms with van der Waals surface area (Å²) in [5.41, 5.74) is 5.98. The number of piperidine rings is 1. The van der Waals surface area contributed by atoms with Gasteiger partial charge in [-0.2, -0.15) is 0 Å². The van der Waals surface area contributed by atoms with Crippen LogP contribution in [0.15, 0.2) is 18.2 Å². The first-order chi connectivity index (χ1) is 11.4. The molecule has 4 N–H and O–H groups in total. The van der Waals surface area contributed by atoms with Gasteiger partial charge in [0.1, 0.15) is 19.3 Å². The van der Waals surface area contributed by atoms with Crippen LogP contribution >= 0.6 is 0 Å². The Hall–Kier alpha value is -2.19. The van der Waals surface area contributed by atoms with Crippen molar-refractivity contribution in [3.63, 3.8) is 0 Å². The van der Waals surface area contributed by atoms with E-state index in [9.17, 15) is 20.0 Å². The van der Waals surface area contributed by atoms with E-state index in [1.54, 1.807) is 19.1 Å². The second-order valence-electron chi connectivity index (χ2n) is 6.32. The zero-order valence-corrected chi connectivity index (χ0v) is 13.7. The number of amides is 1. The Balaban J connectivity index is 1.83. The molecule has 1 heterocycles. The summed E-state index contributed by atoms with van der Waals surface area (Å²) < 4.78 is 5.44. The SMILES string of the molecule is Cc1ccc(OC[C@@H](O)C[NH+]2CCC(C(N)=O)CC2)c([N+](=O)[O-])c1. The van der Waals surface area contributed by atoms with Gasteiger partial charge < -0.3 is 20.5 Å². The molecule has 0 radical (unpaired) electrons. The number of aryl methyl sites for hydroxylation is 1. The van der Waals surface area contributed by atoms with Crippen LogP contribution in [0.1, 0.15) is 18.4 Å². The van der Waals surface area contributed by atoms with E-state index in [-0.39, 0.29) is 29.9 Å². The van der Waals surface area contributed by atoms with Crippen molar-refractivity contribution in [3.8, 4) is 5.75 Å². The van der Waals surface area contributed by atoms with E-state index in [0.29, 0.717) is 6.54 Å². The lowest BCUT2D eigenvalue weighted by molar-refractivity contribution is -0.908. The lowest BCUT2D eigenvalue weighted by Gasteiger charge is -2.29. The molecule has 1 aromatic rings. The number of likely N-dealkylation sites (tertiary alicyclic amines) is 1. The molecular weight excluding hydrogens is 314 g/mol. The molecule has 1 fully saturated rings. The van der Waals surface area contributed by atoms with E-state index >= 15 is 0 Å². The first kappa shape index (κ1) is 18.2. The Labute approximate surface area is 140 Å². The third-order valence-corrected chi connectivity index (χ3v) is 4.36. The highest BCUT2D eigenvalue weighted by Gasteiger charge is 2.27. The third-order valence-electron chi connectivity index (χ3n) is 4.36. The minimum Gasteiger partial charge on any atom is -0.484 e. The summed E-state index contributed by atoms with van der Waals surface area (Å²) in [4.78, 5) is 22.9. The molecule has 1 amide bonds. The Bertz CT molecular complexity index is 599. The normalized spacial score (nSPS) is 21.9. The van der Waals surface area contributed by atoms with E-state index in [4.69, 9.17) is 10.5 Å². The number of primary amides is 1. The van der Waals surface area contributed by atoms with Gasteiger partial charge in [-0.25, -0.2) is 0 Å². The van der Waals surface area contributed by atoms with Gasteiger partial charge in [0.25, 0.3) is 0 Å². The van der Waals surface area contributed by atoms with Gasteiger partial charge in [-0.3, -0.25) is 14.9 Å². The molecular formula is C16H24N3O5+. The van der Waals surface area contributed by atoms with Crippen molar-refractivity contribution in [2.24, 2.45) is 11.7 Å². The van der Waals surface area contributed by atoms with Crippen molar-refractivity contribution < 1.29 is 24.5 Å². The van der Waals surface area contributed by atoms with Crippen LogP contribution in [0.4, 0.5) is 5.69 Å². The summed E-state index contributed by atoms with van der Waals surface area (Å²) in [6.45, 7) is 3.78. The molecule has 2 rings (SSSR count). The Morgan fingerprint density at radius 2 is 2.17 bits per heavy atom. The number of nitrogens with one attached hydrogen (secondary N) is 1. The molecule has 8 heteroatoms. The van der Waals surface area contributed by atoms with Crippen LogP contribution in [-0.4, -0.2) is 48.3 Å². The number of aliphatic hydroxyl groups excluding tert-OH is 1. The molecule has 0 spiro atoms. The van der Waals surface area contributed by atoms with Crippen molar-refractivity contribution in [2.45, 2.75) is 25.9 Å². The van der Waals surface area contributed by atoms with Gasteiger partial charge in [0.05, 0.1) is 18.0 Å². The number of nitro benzene ring substituents is 1. The molecule has 132 valence electrons. The van der Waals surface area contributed by atoms with Crippen molar-refractivity contribution in [3.05, 3.63) is 33.9 Å². The summed E-state index contributed by atoms with van der Waals surface area (Å²) in [6, 6.07) is 4.72. The smallest absolute Gasteiger partial charge is 0.311 e. The molecule has 8 nitrogen and oxygen atoms in total. The van der Waals surface area contributed by atoms with Crippen LogP contribution in [-0.2, 0) is 4.79 Å². The van der Waals surface area contributed by atoms with Crippen LogP contribution in [0.2, 0.25) is 0 Å². The van der Waals surface area contributed by atoms with Crippen molar-refractivity contribution in [1.82, 2.24) is 0 Å². The molecule has 0 unspecified atom stereocenters. The summed E-state index contributed by atoms with van der Waals surface area (Å²) in [5.74, 6) is -0.172. The third kappa shape index (κ3) is 4.90. The van der Waals surface area contributed by atoms with Crippen LogP contribution in [0.3, 0.4) is 0 Å². The highest BCUT2D eigenvalue weighted by molar-refractivity contribution is 5.76. The second kappa shape index (κ2) is 8.07. The van der Waals surface area contributed by atoms with E-state index in [1.165, 1.54) is 11.0 Å². The maximum absolute atomic E-state index is 11.1. The topological polar surface area (TPSA) is 120 Å². The van der Waals surface area contributed by atoms with Gasteiger partial charge in [-0.05, 0) is 18.6 Å². The molecule has 24 heavy (non-hydrogen) atoms. The number of nitro groups is 1. The van der Waals surface area contributed by atoms with E-state index < -0.39 is 11.0 Å². The van der Waals surface area contributed by atoms with Crippen molar-refractivity contribution >= 4 is 11.6 Å². The standard InChI is InChI=1S/C16H23N3O5/c1-11-2-3-15(14(8-11)19(22)23)24-10-13(20)9-18-6-4-12(5-7-18)16(17)21/h2-3,8,12-13,20H,4-7,9-10H2,1H3,(H2,17,21)/p+1/t13-/m0/s1. The zero-order valence-electron chi connectivity index (χ0n) is 13.7. The minimum atomic E-state index is -0.731. The molecule has 0 aliphatic carbocycles. The van der Waals surface area contributed by atoms with Gasteiger partial charge in [-0.15, -0.1) is 0 Å². The maximum Gasteiger partial charge on any atom is 0.311 e. The summed E-state index contributed by atoms with van der Waals surface area (Å²) >= 11 is 0. The lowest BCUT2D eigenvalue weighted by atomic mass is 9.96. The molecule has 1 atom stereocenters. The second-order valence-corrected chi connectivity index (χ2v) is 6.32. The number of quaternary nitrogens is 1. The first-order valence-electron chi connectivity index (χ1n) is 8.05. The average Bonchev–Trinajstić information content (AvgIpc) is 2.54. The number of hydrogen-bond donors (Lipinski definition) is 3. The van der Waals surface area contributed by atoms with E-state index in [0.717, 1.165) is 31.5 Å². The number of aliphatic hydroxyl groups is 1. The molecule has 0 saturated carbocycles. The van der Waals surface area contributed by atoms with Crippen molar-refractivity contribution in [1.29, 1.82) is 0 Å². The van der Waals surface area contributed by atoms with Crippen LogP contribution in [0, 0.1) is 23.0 Å². The van der Waals surface area contributed by atoms with Gasteiger partial charge in [0.2, 0.25) is 5.91 Å². The monoisotopic (exact) mass is 338 g/mol. The number of ether oxygens (including phenoxy) is 1. The minimum absolute atomic E-state index is 0.00729. The number of rotatable bonds is 7. The summed E-state index contributed by atoms with van der Waals surface area (Å²) in [7, 11) is 0. The predicted octanol–water partition coefficient (Wildman–Crippen LogP) is -0.577. The first-order valence-corrected chi connectivity index (χ1v) is 8.05. The lowest BCUT2D eigenvalue weighted by Crippen LogP contribution is -3.14. The zero-order chi connectivity index (χ0) is 17.7. The van der Waals surface area contributed by atoms with Gasteiger partial charge in [-0.1, -0.05) is 6.07 Å². The number of benzene rings is 1. The molecule has 1 saturated heterocycles. The fraction of sp³-hybridized carbons (Fsp3) is 0.562. The molecule has 1 aliphatic heterocycles. The number of hydrogen-bond acceptors (Lipinski definition) is 5. The number of carbonyl (C=O) groups excluding carboxylic acids is 1. The number of carbonyl (C=O) groups is 1. The predicted molar refractivity (Wildman–Crippen MR) is 86.8 cm³/mol. The van der Waals surface area contributed by atoms with Gasteiger partial charge in [0.15, 0.2) is 5.75 Å². The van der Waals surface area contributed by atoms with Crippen LogP contribution in [0.25, 0.3) is 0 Å². The largest absolute Gasteiger partial charge is 0.484 e. The van der Waals surface area contributed by atoms with Gasteiger partial charge >= 0.3 is 5.69 Å². The highest BCUT2D eigenvalue weighted by atomic mass is 16.6. The highest BCUT2D eigenvalue weighted by Crippen LogP contribution is 2.27. The quantitative estimate of drug-likeness (QED) is 0.454. The Kier molecular flexibility index (Phi) is 6.10. The van der Waals surface area contributed by atoms with Crippen LogP contribution < -0.4 is 15.4 Å². The van der Waals surface area contributed by atoms with Crippen LogP contribution in [0.5, 0.6) is 5.75 Å². The van der Waals surface area contributed by atoms with Crippen molar-refractivity contribution in [2.75, 3.05) is 26.2 Å². The maximum atomic E-state index is 11.1. The number of nitrogens with zero attached hydrogens (tertiary/aromatic N) is 1. The average molecular weight is 338 g/mol. The summed E-state index contributed by atoms with van der Waals surface area (Å²) in [6.07, 6.45) is 0.717. The summed E-state index contributed by atoms with van der Waals surface area (Å²) in [5, 5.41) is 21.2. The molecule has 0 aromatic heterocycles.